The van der Waals surface area contributed by atoms with Gasteiger partial charge < -0.3 is 19.1 Å². The van der Waals surface area contributed by atoms with Crippen LogP contribution in [-0.2, 0) is 19.0 Å². The predicted octanol–water partition coefficient (Wildman–Crippen LogP) is 2.61. The molecule has 0 N–H and O–H groups in total. The highest BCUT2D eigenvalue weighted by Crippen LogP contribution is 2.56. The first-order chi connectivity index (χ1) is 12.0. The van der Waals surface area contributed by atoms with Crippen LogP contribution in [0.2, 0.25) is 0 Å². The molecule has 5 heteroatoms. The number of carbonyl (C=O) groups is 1. The molecule has 4 fully saturated rings. The Hall–Kier alpha value is -0.910. The fraction of sp³-hybridized carbons (Fsp3) is 0.850. The molecule has 2 aliphatic carbocycles. The molecule has 0 bridgehead atoms. The number of carbonyl (C=O) groups excluding carboxylic acids is 1. The number of hydrogen-bond donors (Lipinski definition) is 0. The van der Waals surface area contributed by atoms with Crippen molar-refractivity contribution in [3.05, 3.63) is 12.2 Å². The van der Waals surface area contributed by atoms with E-state index in [0.29, 0.717) is 31.6 Å². The first kappa shape index (κ1) is 17.5. The average molecular weight is 349 g/mol. The van der Waals surface area contributed by atoms with Crippen molar-refractivity contribution in [2.24, 2.45) is 23.2 Å². The SMILES string of the molecule is C=C1CCC[C@]2(C)C[C@H]3OC(=O)[C@@H](CN(C)CC4OCCO4)[C@H]3C[C@@H]12. The van der Waals surface area contributed by atoms with Crippen molar-refractivity contribution in [3.63, 3.8) is 0 Å². The van der Waals surface area contributed by atoms with Crippen molar-refractivity contribution in [1.29, 1.82) is 0 Å². The fourth-order valence-electron chi connectivity index (χ4n) is 5.64. The first-order valence-corrected chi connectivity index (χ1v) is 9.76. The normalized spacial score (nSPS) is 41.7. The number of nitrogens with zero attached hydrogens (tertiary/aromatic N) is 1. The number of esters is 1. The van der Waals surface area contributed by atoms with Gasteiger partial charge in [-0.2, -0.15) is 0 Å². The Labute approximate surface area is 150 Å². The van der Waals surface area contributed by atoms with Crippen LogP contribution in [0.5, 0.6) is 0 Å². The summed E-state index contributed by atoms with van der Waals surface area (Å²) in [5, 5.41) is 0. The van der Waals surface area contributed by atoms with Crippen LogP contribution in [0, 0.1) is 23.2 Å². The first-order valence-electron chi connectivity index (χ1n) is 9.76. The molecular weight excluding hydrogens is 318 g/mol. The van der Waals surface area contributed by atoms with Gasteiger partial charge in [-0.25, -0.2) is 0 Å². The molecule has 2 aliphatic heterocycles. The quantitative estimate of drug-likeness (QED) is 0.577. The van der Waals surface area contributed by atoms with Crippen LogP contribution in [0.3, 0.4) is 0 Å². The predicted molar refractivity (Wildman–Crippen MR) is 93.9 cm³/mol. The molecule has 2 heterocycles. The summed E-state index contributed by atoms with van der Waals surface area (Å²) in [5.74, 6) is 0.832. The molecule has 0 amide bonds. The van der Waals surface area contributed by atoms with E-state index in [0.717, 1.165) is 25.8 Å². The van der Waals surface area contributed by atoms with E-state index in [4.69, 9.17) is 14.2 Å². The molecule has 2 saturated carbocycles. The van der Waals surface area contributed by atoms with Crippen molar-refractivity contribution in [2.75, 3.05) is 33.4 Å². The van der Waals surface area contributed by atoms with E-state index in [1.165, 1.54) is 18.4 Å². The zero-order valence-corrected chi connectivity index (χ0v) is 15.5. The van der Waals surface area contributed by atoms with Crippen molar-refractivity contribution >= 4 is 5.97 Å². The monoisotopic (exact) mass is 349 g/mol. The molecule has 4 rings (SSSR count). The molecular formula is C20H31NO4. The maximum atomic E-state index is 12.6. The van der Waals surface area contributed by atoms with E-state index >= 15 is 0 Å². The number of hydrogen-bond acceptors (Lipinski definition) is 5. The number of fused-ring (bicyclic) bond motifs is 2. The topological polar surface area (TPSA) is 48.0 Å². The highest BCUT2D eigenvalue weighted by atomic mass is 16.7. The van der Waals surface area contributed by atoms with Crippen LogP contribution in [0.25, 0.3) is 0 Å². The highest BCUT2D eigenvalue weighted by Gasteiger charge is 2.55. The van der Waals surface area contributed by atoms with E-state index in [1.807, 2.05) is 7.05 Å². The smallest absolute Gasteiger partial charge is 0.310 e. The summed E-state index contributed by atoms with van der Waals surface area (Å²) >= 11 is 0. The number of ether oxygens (including phenoxy) is 3. The van der Waals surface area contributed by atoms with Gasteiger partial charge >= 0.3 is 5.97 Å². The second-order valence-corrected chi connectivity index (χ2v) is 8.80. The fourth-order valence-corrected chi connectivity index (χ4v) is 5.64. The Morgan fingerprint density at radius 2 is 2.04 bits per heavy atom. The van der Waals surface area contributed by atoms with Gasteiger partial charge in [-0.1, -0.05) is 19.1 Å². The van der Waals surface area contributed by atoms with Gasteiger partial charge in [-0.3, -0.25) is 4.79 Å². The van der Waals surface area contributed by atoms with Gasteiger partial charge in [0.15, 0.2) is 6.29 Å². The minimum absolute atomic E-state index is 0.0111. The maximum Gasteiger partial charge on any atom is 0.310 e. The van der Waals surface area contributed by atoms with E-state index in [9.17, 15) is 4.79 Å². The lowest BCUT2D eigenvalue weighted by atomic mass is 9.55. The minimum atomic E-state index is -0.161. The lowest BCUT2D eigenvalue weighted by molar-refractivity contribution is -0.146. The van der Waals surface area contributed by atoms with Crippen LogP contribution in [0.15, 0.2) is 12.2 Å². The van der Waals surface area contributed by atoms with Gasteiger partial charge in [0, 0.05) is 19.0 Å². The van der Waals surface area contributed by atoms with Crippen molar-refractivity contribution < 1.29 is 19.0 Å². The minimum Gasteiger partial charge on any atom is -0.462 e. The second-order valence-electron chi connectivity index (χ2n) is 8.80. The molecule has 0 radical (unpaired) electrons. The van der Waals surface area contributed by atoms with Gasteiger partial charge in [0.05, 0.1) is 19.1 Å². The number of allylic oxidation sites excluding steroid dienone is 1. The summed E-state index contributed by atoms with van der Waals surface area (Å²) in [6, 6.07) is 0. The zero-order chi connectivity index (χ0) is 17.6. The van der Waals surface area contributed by atoms with E-state index in [-0.39, 0.29) is 29.7 Å². The molecule has 2 saturated heterocycles. The van der Waals surface area contributed by atoms with Crippen LogP contribution in [0.1, 0.15) is 39.0 Å². The van der Waals surface area contributed by atoms with Crippen LogP contribution < -0.4 is 0 Å². The Kier molecular flexibility index (Phi) is 4.67. The number of rotatable bonds is 4. The molecule has 0 aromatic carbocycles. The third-order valence-corrected chi connectivity index (χ3v) is 6.98. The molecule has 5 nitrogen and oxygen atoms in total. The third kappa shape index (κ3) is 3.26. The van der Waals surface area contributed by atoms with Crippen LogP contribution >= 0.6 is 0 Å². The lowest BCUT2D eigenvalue weighted by Gasteiger charge is -2.50. The van der Waals surface area contributed by atoms with E-state index in [2.05, 4.69) is 18.4 Å². The molecule has 0 aromatic heterocycles. The van der Waals surface area contributed by atoms with Gasteiger partial charge in [0.1, 0.15) is 6.10 Å². The third-order valence-electron chi connectivity index (χ3n) is 6.98. The summed E-state index contributed by atoms with van der Waals surface area (Å²) in [4.78, 5) is 14.7. The molecule has 0 spiro atoms. The van der Waals surface area contributed by atoms with E-state index in [1.54, 1.807) is 0 Å². The van der Waals surface area contributed by atoms with Crippen molar-refractivity contribution in [2.45, 2.75) is 51.4 Å². The molecule has 5 atom stereocenters. The molecule has 140 valence electrons. The molecule has 0 aromatic rings. The Morgan fingerprint density at radius 1 is 1.28 bits per heavy atom. The molecule has 25 heavy (non-hydrogen) atoms. The second kappa shape index (κ2) is 6.67. The zero-order valence-electron chi connectivity index (χ0n) is 15.5. The van der Waals surface area contributed by atoms with Gasteiger partial charge in [0.2, 0.25) is 0 Å². The summed E-state index contributed by atoms with van der Waals surface area (Å²) in [7, 11) is 2.04. The summed E-state index contributed by atoms with van der Waals surface area (Å²) in [5.41, 5.74) is 1.66. The average Bonchev–Trinajstić information content (AvgIpc) is 3.14. The van der Waals surface area contributed by atoms with Gasteiger partial charge in [0.25, 0.3) is 0 Å². The number of likely N-dealkylation sites (N-methyl/N-ethyl adjacent to an activating group) is 1. The maximum absolute atomic E-state index is 12.6. The molecule has 4 aliphatic rings. The largest absolute Gasteiger partial charge is 0.462 e. The van der Waals surface area contributed by atoms with Crippen molar-refractivity contribution in [3.8, 4) is 0 Å². The standard InChI is InChI=1S/C20H31NO4/c1-13-5-4-6-20(2)10-17-14(9-16(13)20)15(19(22)25-17)11-21(3)12-18-23-7-8-24-18/h14-18H,1,4-12H2,2-3H3/t14-,15+,16+,17-,20-/m1/s1. The summed E-state index contributed by atoms with van der Waals surface area (Å²) < 4.78 is 16.9. The lowest BCUT2D eigenvalue weighted by Crippen LogP contribution is -2.45. The van der Waals surface area contributed by atoms with Crippen LogP contribution in [0.4, 0.5) is 0 Å². The van der Waals surface area contributed by atoms with Crippen LogP contribution in [-0.4, -0.2) is 56.6 Å². The van der Waals surface area contributed by atoms with Crippen molar-refractivity contribution in [1.82, 2.24) is 4.90 Å². The summed E-state index contributed by atoms with van der Waals surface area (Å²) in [6.07, 6.45) is 5.60. The van der Waals surface area contributed by atoms with Gasteiger partial charge in [-0.05, 0) is 50.5 Å². The Bertz CT molecular complexity index is 544. The highest BCUT2D eigenvalue weighted by molar-refractivity contribution is 5.75. The Balaban J connectivity index is 1.43. The summed E-state index contributed by atoms with van der Waals surface area (Å²) in [6.45, 7) is 9.49. The molecule has 0 unspecified atom stereocenters. The van der Waals surface area contributed by atoms with Gasteiger partial charge in [-0.15, -0.1) is 0 Å². The van der Waals surface area contributed by atoms with E-state index < -0.39 is 0 Å². The Morgan fingerprint density at radius 3 is 2.80 bits per heavy atom.